The van der Waals surface area contributed by atoms with E-state index < -0.39 is 17.7 Å². The lowest BCUT2D eigenvalue weighted by Crippen LogP contribution is -2.36. The second kappa shape index (κ2) is 13.4. The van der Waals surface area contributed by atoms with Gasteiger partial charge in [-0.3, -0.25) is 14.5 Å². The predicted molar refractivity (Wildman–Crippen MR) is 153 cm³/mol. The molecule has 0 radical (unpaired) electrons. The van der Waals surface area contributed by atoms with Crippen LogP contribution in [-0.2, 0) is 11.0 Å². The van der Waals surface area contributed by atoms with Crippen LogP contribution in [0.2, 0.25) is 0 Å². The number of anilines is 2. The number of amidine groups is 1. The van der Waals surface area contributed by atoms with Crippen molar-refractivity contribution in [2.75, 3.05) is 30.7 Å². The maximum Gasteiger partial charge on any atom is 0.416 e. The molecule has 1 amide bonds. The third kappa shape index (κ3) is 8.90. The highest BCUT2D eigenvalue weighted by atomic mass is 19.4. The van der Waals surface area contributed by atoms with Crippen LogP contribution in [0.3, 0.4) is 0 Å². The number of nitrogens with zero attached hydrogens (tertiary/aromatic N) is 2. The van der Waals surface area contributed by atoms with E-state index in [2.05, 4.69) is 20.5 Å². The van der Waals surface area contributed by atoms with Crippen LogP contribution >= 0.6 is 0 Å². The predicted octanol–water partition coefficient (Wildman–Crippen LogP) is 5.17. The summed E-state index contributed by atoms with van der Waals surface area (Å²) in [4.78, 5) is 30.4. The van der Waals surface area contributed by atoms with Crippen LogP contribution in [0.1, 0.15) is 55.1 Å². The van der Waals surface area contributed by atoms with Crippen LogP contribution in [0, 0.1) is 12.3 Å². The van der Waals surface area contributed by atoms with Crippen molar-refractivity contribution in [3.8, 4) is 5.75 Å². The smallest absolute Gasteiger partial charge is 0.416 e. The summed E-state index contributed by atoms with van der Waals surface area (Å²) < 4.78 is 44.4. The molecule has 9 nitrogen and oxygen atoms in total. The monoisotopic (exact) mass is 572 g/mol. The number of rotatable bonds is 9. The van der Waals surface area contributed by atoms with E-state index in [9.17, 15) is 22.8 Å². The van der Waals surface area contributed by atoms with E-state index in [1.807, 2.05) is 6.92 Å². The molecule has 220 valence electrons. The molecular weight excluding hydrogens is 537 g/mol. The number of nitrogens with two attached hydrogens (primary N) is 1. The van der Waals surface area contributed by atoms with Crippen molar-refractivity contribution in [2.24, 2.45) is 4.99 Å². The van der Waals surface area contributed by atoms with E-state index in [1.54, 1.807) is 32.2 Å². The summed E-state index contributed by atoms with van der Waals surface area (Å²) in [6.07, 6.45) is -1.43. The molecule has 3 rings (SSSR count). The number of ether oxygens (including phenoxy) is 1. The fourth-order valence-electron chi connectivity index (χ4n) is 4.50. The van der Waals surface area contributed by atoms with Gasteiger partial charge in [0.15, 0.2) is 5.75 Å². The summed E-state index contributed by atoms with van der Waals surface area (Å²) in [6.45, 7) is 7.85. The molecule has 1 heterocycles. The Balaban J connectivity index is 1.57. The van der Waals surface area contributed by atoms with Gasteiger partial charge in [0.1, 0.15) is 5.84 Å². The highest BCUT2D eigenvalue weighted by Gasteiger charge is 2.31. The van der Waals surface area contributed by atoms with Crippen molar-refractivity contribution in [3.05, 3.63) is 64.9 Å². The van der Waals surface area contributed by atoms with Gasteiger partial charge in [0, 0.05) is 55.6 Å². The number of halogens is 3. The van der Waals surface area contributed by atoms with Gasteiger partial charge in [0.25, 0.3) is 5.91 Å². The lowest BCUT2D eigenvalue weighted by Gasteiger charge is -2.25. The van der Waals surface area contributed by atoms with E-state index in [1.165, 1.54) is 19.1 Å². The summed E-state index contributed by atoms with van der Waals surface area (Å²) in [5.74, 6) is -0.329. The summed E-state index contributed by atoms with van der Waals surface area (Å²) >= 11 is 0. The Hall–Kier alpha value is -4.19. The molecule has 0 aromatic heterocycles. The first-order chi connectivity index (χ1) is 19.3. The van der Waals surface area contributed by atoms with E-state index >= 15 is 0 Å². The maximum atomic E-state index is 13.1. The van der Waals surface area contributed by atoms with E-state index in [-0.39, 0.29) is 29.1 Å². The first kappa shape index (κ1) is 31.3. The minimum absolute atomic E-state index is 0.0980. The van der Waals surface area contributed by atoms with E-state index in [0.29, 0.717) is 54.3 Å². The van der Waals surface area contributed by atoms with Crippen LogP contribution < -0.4 is 21.1 Å². The number of carbonyl (C=O) groups is 2. The first-order valence-corrected chi connectivity index (χ1v) is 13.1. The topological polar surface area (TPSA) is 133 Å². The summed E-state index contributed by atoms with van der Waals surface area (Å²) in [7, 11) is 0. The van der Waals surface area contributed by atoms with Gasteiger partial charge in [0.2, 0.25) is 0 Å². The molecule has 1 atom stereocenters. The summed E-state index contributed by atoms with van der Waals surface area (Å²) in [5.41, 5.74) is 7.53. The van der Waals surface area contributed by atoms with Gasteiger partial charge in [-0.1, -0.05) is 6.92 Å². The number of hydrogen-bond acceptors (Lipinski definition) is 7. The molecule has 41 heavy (non-hydrogen) atoms. The lowest BCUT2D eigenvalue weighted by atomic mass is 10.1. The lowest BCUT2D eigenvalue weighted by molar-refractivity contribution is -0.137. The normalized spacial score (nSPS) is 16.1. The average molecular weight is 573 g/mol. The molecule has 1 aliphatic heterocycles. The Bertz CT molecular complexity index is 1370. The number of carbonyl (C=O) groups excluding carboxylic acids is 2. The number of aliphatic imine (C=N–C) groups is 1. The molecule has 5 N–H and O–H groups in total. The number of nitrogens with one attached hydrogen (secondary N) is 3. The second-order valence-electron chi connectivity index (χ2n) is 9.92. The Morgan fingerprint density at radius 2 is 1.93 bits per heavy atom. The van der Waals surface area contributed by atoms with E-state index in [4.69, 9.17) is 15.9 Å². The van der Waals surface area contributed by atoms with Gasteiger partial charge < -0.3 is 26.5 Å². The largest absolute Gasteiger partial charge is 0.424 e. The number of hydrogen-bond donors (Lipinski definition) is 4. The number of amides is 1. The molecule has 12 heteroatoms. The highest BCUT2D eigenvalue weighted by molar-refractivity contribution is 6.02. The van der Waals surface area contributed by atoms with Crippen LogP contribution in [0.5, 0.6) is 5.75 Å². The van der Waals surface area contributed by atoms with Crippen molar-refractivity contribution in [1.82, 2.24) is 10.2 Å². The molecule has 1 unspecified atom stereocenters. The third-order valence-electron chi connectivity index (χ3n) is 6.55. The minimum atomic E-state index is -4.44. The SMILES string of the molecule is CCC(CCNC(=O)c1ccc(N)c(OC(C)=O)c1)N1CC(=N)/C(=C\N=C(/C)Nc2cc(C)cc(C(F)(F)F)c2)C1. The zero-order chi connectivity index (χ0) is 30.3. The van der Waals surface area contributed by atoms with Crippen molar-refractivity contribution >= 4 is 34.8 Å². The molecule has 0 saturated carbocycles. The number of nitrogen functional groups attached to an aromatic ring is 1. The van der Waals surface area contributed by atoms with Gasteiger partial charge in [-0.15, -0.1) is 0 Å². The van der Waals surface area contributed by atoms with Gasteiger partial charge in [-0.2, -0.15) is 13.2 Å². The molecular formula is C29H35F3N6O3. The fraction of sp³-hybridized carbons (Fsp3) is 0.379. The van der Waals surface area contributed by atoms with Gasteiger partial charge in [-0.25, -0.2) is 4.99 Å². The molecule has 2 aromatic rings. The Morgan fingerprint density at radius 1 is 1.20 bits per heavy atom. The van der Waals surface area contributed by atoms with Crippen LogP contribution in [0.4, 0.5) is 24.5 Å². The Kier molecular flexibility index (Phi) is 10.3. The highest BCUT2D eigenvalue weighted by Crippen LogP contribution is 2.32. The quantitative estimate of drug-likeness (QED) is 0.108. The Morgan fingerprint density at radius 3 is 2.59 bits per heavy atom. The molecule has 0 bridgehead atoms. The molecule has 1 fully saturated rings. The van der Waals surface area contributed by atoms with E-state index in [0.717, 1.165) is 18.6 Å². The molecule has 0 aliphatic carbocycles. The number of esters is 1. The van der Waals surface area contributed by atoms with Crippen molar-refractivity contribution in [3.63, 3.8) is 0 Å². The van der Waals surface area contributed by atoms with Crippen LogP contribution in [0.25, 0.3) is 0 Å². The zero-order valence-corrected chi connectivity index (χ0v) is 23.5. The second-order valence-corrected chi connectivity index (χ2v) is 9.92. The van der Waals surface area contributed by atoms with Gasteiger partial charge >= 0.3 is 12.1 Å². The van der Waals surface area contributed by atoms with Crippen LogP contribution in [0.15, 0.2) is 53.2 Å². The first-order valence-electron chi connectivity index (χ1n) is 13.1. The summed E-state index contributed by atoms with van der Waals surface area (Å²) in [6, 6.07) is 8.32. The maximum absolute atomic E-state index is 13.1. The molecule has 1 saturated heterocycles. The molecule has 0 spiro atoms. The summed E-state index contributed by atoms with van der Waals surface area (Å²) in [5, 5.41) is 14.2. The molecule has 2 aromatic carbocycles. The zero-order valence-electron chi connectivity index (χ0n) is 23.5. The number of aryl methyl sites for hydroxylation is 1. The number of alkyl halides is 3. The fourth-order valence-corrected chi connectivity index (χ4v) is 4.50. The minimum Gasteiger partial charge on any atom is -0.424 e. The van der Waals surface area contributed by atoms with Crippen molar-refractivity contribution in [2.45, 2.75) is 52.8 Å². The average Bonchev–Trinajstić information content (AvgIpc) is 3.25. The number of likely N-dealkylation sites (tertiary alicyclic amines) is 1. The van der Waals surface area contributed by atoms with Gasteiger partial charge in [0.05, 0.1) is 17.0 Å². The van der Waals surface area contributed by atoms with Crippen LogP contribution in [-0.4, -0.2) is 54.0 Å². The Labute approximate surface area is 237 Å². The van der Waals surface area contributed by atoms with Crippen molar-refractivity contribution in [1.29, 1.82) is 5.41 Å². The molecule has 1 aliphatic rings. The standard InChI is InChI=1S/C29H35F3N6O3/c1-5-24(8-9-35-28(40)20-6-7-25(33)27(12-20)41-19(4)39)38-15-21(26(34)16-38)14-36-18(3)37-23-11-17(2)10-22(13-23)29(30,31)32/h6-7,10-14,24,34H,5,8-9,15-16,33H2,1-4H3,(H,35,40)(H,36,37)/b21-14-,34-26?. The number of benzene rings is 2. The van der Waals surface area contributed by atoms with Gasteiger partial charge in [-0.05, 0) is 68.7 Å². The van der Waals surface area contributed by atoms with Crippen molar-refractivity contribution < 1.29 is 27.5 Å². The third-order valence-corrected chi connectivity index (χ3v) is 6.55.